The molecule has 2 aliphatic rings. The van der Waals surface area contributed by atoms with Crippen molar-refractivity contribution in [3.8, 4) is 0 Å². The zero-order valence-electron chi connectivity index (χ0n) is 21.0. The third-order valence-electron chi connectivity index (χ3n) is 6.28. The third kappa shape index (κ3) is 5.44. The molecule has 0 bridgehead atoms. The van der Waals surface area contributed by atoms with Crippen LogP contribution < -0.4 is 10.6 Å². The number of carboxylic acid groups (broad SMARTS) is 1. The lowest BCUT2D eigenvalue weighted by Crippen LogP contribution is -2.59. The maximum atomic E-state index is 13.2. The summed E-state index contributed by atoms with van der Waals surface area (Å²) >= 11 is 0. The minimum absolute atomic E-state index is 0.0186. The van der Waals surface area contributed by atoms with Gasteiger partial charge in [-0.15, -0.1) is 0 Å². The summed E-state index contributed by atoms with van der Waals surface area (Å²) in [5, 5.41) is 14.6. The molecule has 2 saturated carbocycles. The van der Waals surface area contributed by atoms with Crippen LogP contribution in [0.5, 0.6) is 0 Å². The van der Waals surface area contributed by atoms with Gasteiger partial charge in [-0.2, -0.15) is 0 Å². The first-order valence-electron chi connectivity index (χ1n) is 11.8. The maximum absolute atomic E-state index is 13.2. The molecule has 3 N–H and O–H groups in total. The number of esters is 2. The Kier molecular flexibility index (Phi) is 7.61. The summed E-state index contributed by atoms with van der Waals surface area (Å²) in [6.07, 6.45) is -0.866. The highest BCUT2D eigenvalue weighted by molar-refractivity contribution is 5.97. The molecule has 1 aromatic rings. The van der Waals surface area contributed by atoms with Crippen LogP contribution in [0.15, 0.2) is 24.3 Å². The number of hydrogen-bond donors (Lipinski definition) is 3. The normalized spacial score (nSPS) is 26.2. The van der Waals surface area contributed by atoms with E-state index in [9.17, 15) is 24.0 Å². The topological polar surface area (TPSA) is 157 Å². The fourth-order valence-electron chi connectivity index (χ4n) is 4.94. The van der Waals surface area contributed by atoms with Crippen molar-refractivity contribution in [2.45, 2.75) is 58.2 Å². The molecule has 2 fully saturated rings. The molecule has 2 amide bonds. The quantitative estimate of drug-likeness (QED) is 0.356. The van der Waals surface area contributed by atoms with Crippen LogP contribution in [0.1, 0.15) is 61.8 Å². The van der Waals surface area contributed by atoms with Crippen LogP contribution in [0.25, 0.3) is 0 Å². The molecule has 11 heteroatoms. The van der Waals surface area contributed by atoms with Gasteiger partial charge in [-0.05, 0) is 64.8 Å². The van der Waals surface area contributed by atoms with Gasteiger partial charge in [0, 0.05) is 23.9 Å². The van der Waals surface area contributed by atoms with E-state index in [1.807, 2.05) is 0 Å². The standard InChI is InChI=1S/C25H32N2O9/c1-6-34-21(31)17-16-15(26-19(28)13-8-10-14(11-9-13)20(29)30)12-25(18(16)17,22(32)35-7-2)27-23(33)36-24(3,4)5/h8-11,15-18H,6-7,12H2,1-5H3,(H,26,28)(H,27,33)(H,29,30). The molecular formula is C25H32N2O9. The predicted molar refractivity (Wildman–Crippen MR) is 125 cm³/mol. The number of amides is 2. The molecule has 2 aliphatic carbocycles. The summed E-state index contributed by atoms with van der Waals surface area (Å²) in [4.78, 5) is 62.7. The van der Waals surface area contributed by atoms with Gasteiger partial charge in [-0.25, -0.2) is 14.4 Å². The number of carboxylic acids is 1. The van der Waals surface area contributed by atoms with Crippen molar-refractivity contribution in [2.24, 2.45) is 17.8 Å². The summed E-state index contributed by atoms with van der Waals surface area (Å²) < 4.78 is 15.9. The van der Waals surface area contributed by atoms with E-state index in [0.29, 0.717) is 0 Å². The Labute approximate surface area is 208 Å². The highest BCUT2D eigenvalue weighted by Crippen LogP contribution is 2.63. The Balaban J connectivity index is 1.91. The lowest BCUT2D eigenvalue weighted by Gasteiger charge is -2.33. The summed E-state index contributed by atoms with van der Waals surface area (Å²) in [6, 6.07) is 4.69. The minimum atomic E-state index is -1.61. The second-order valence-electron chi connectivity index (χ2n) is 9.87. The smallest absolute Gasteiger partial charge is 0.408 e. The van der Waals surface area contributed by atoms with Crippen molar-refractivity contribution in [3.63, 3.8) is 0 Å². The predicted octanol–water partition coefficient (Wildman–Crippen LogP) is 2.14. The Bertz CT molecular complexity index is 1050. The molecule has 5 unspecified atom stereocenters. The van der Waals surface area contributed by atoms with Gasteiger partial charge in [0.25, 0.3) is 5.91 Å². The van der Waals surface area contributed by atoms with E-state index in [4.69, 9.17) is 19.3 Å². The number of nitrogens with one attached hydrogen (secondary N) is 2. The number of fused-ring (bicyclic) bond motifs is 1. The minimum Gasteiger partial charge on any atom is -0.478 e. The fraction of sp³-hybridized carbons (Fsp3) is 0.560. The van der Waals surface area contributed by atoms with Crippen LogP contribution in [-0.4, -0.2) is 65.4 Å². The van der Waals surface area contributed by atoms with E-state index in [-0.39, 0.29) is 30.8 Å². The Hall–Kier alpha value is -3.63. The fourth-order valence-corrected chi connectivity index (χ4v) is 4.94. The molecule has 11 nitrogen and oxygen atoms in total. The molecule has 1 aromatic carbocycles. The van der Waals surface area contributed by atoms with E-state index >= 15 is 0 Å². The van der Waals surface area contributed by atoms with Crippen molar-refractivity contribution in [1.82, 2.24) is 10.6 Å². The molecule has 0 saturated heterocycles. The largest absolute Gasteiger partial charge is 0.478 e. The lowest BCUT2D eigenvalue weighted by molar-refractivity contribution is -0.153. The van der Waals surface area contributed by atoms with E-state index in [1.165, 1.54) is 24.3 Å². The Morgan fingerprint density at radius 2 is 1.58 bits per heavy atom. The highest BCUT2D eigenvalue weighted by Gasteiger charge is 2.76. The first kappa shape index (κ1) is 27.0. The van der Waals surface area contributed by atoms with Gasteiger partial charge in [0.05, 0.1) is 24.7 Å². The summed E-state index contributed by atoms with van der Waals surface area (Å²) in [5.41, 5.74) is -2.21. The molecule has 0 radical (unpaired) electrons. The van der Waals surface area contributed by atoms with Gasteiger partial charge in [-0.1, -0.05) is 0 Å². The van der Waals surface area contributed by atoms with Crippen molar-refractivity contribution in [3.05, 3.63) is 35.4 Å². The van der Waals surface area contributed by atoms with Crippen LogP contribution in [-0.2, 0) is 23.8 Å². The SMILES string of the molecule is CCOC(=O)C1C2C(NC(=O)c3ccc(C(=O)O)cc3)CC(NC(=O)OC(C)(C)C)(C(=O)OCC)C12. The number of benzene rings is 1. The van der Waals surface area contributed by atoms with Crippen molar-refractivity contribution >= 4 is 29.9 Å². The monoisotopic (exact) mass is 504 g/mol. The van der Waals surface area contributed by atoms with Gasteiger partial charge in [0.15, 0.2) is 0 Å². The number of carbonyl (C=O) groups is 5. The van der Waals surface area contributed by atoms with Crippen LogP contribution in [0.3, 0.4) is 0 Å². The molecule has 0 aromatic heterocycles. The van der Waals surface area contributed by atoms with Crippen molar-refractivity contribution in [1.29, 1.82) is 0 Å². The molecule has 0 aliphatic heterocycles. The van der Waals surface area contributed by atoms with E-state index in [1.54, 1.807) is 34.6 Å². The summed E-state index contributed by atoms with van der Waals surface area (Å²) in [7, 11) is 0. The molecular weight excluding hydrogens is 472 g/mol. The zero-order valence-corrected chi connectivity index (χ0v) is 21.0. The summed E-state index contributed by atoms with van der Waals surface area (Å²) in [6.45, 7) is 8.50. The van der Waals surface area contributed by atoms with Gasteiger partial charge in [0.1, 0.15) is 11.1 Å². The number of ether oxygens (including phenoxy) is 3. The highest BCUT2D eigenvalue weighted by atomic mass is 16.6. The Morgan fingerprint density at radius 3 is 2.11 bits per heavy atom. The van der Waals surface area contributed by atoms with Gasteiger partial charge in [-0.3, -0.25) is 9.59 Å². The van der Waals surface area contributed by atoms with E-state index in [2.05, 4.69) is 10.6 Å². The number of hydrogen-bond acceptors (Lipinski definition) is 8. The second kappa shape index (κ2) is 10.2. The number of alkyl carbamates (subject to hydrolysis) is 1. The lowest BCUT2D eigenvalue weighted by atomic mass is 9.88. The van der Waals surface area contributed by atoms with E-state index in [0.717, 1.165) is 0 Å². The van der Waals surface area contributed by atoms with Crippen LogP contribution in [0.2, 0.25) is 0 Å². The Morgan fingerprint density at radius 1 is 1.00 bits per heavy atom. The average molecular weight is 505 g/mol. The molecule has 0 spiro atoms. The molecule has 3 rings (SSSR count). The molecule has 5 atom stereocenters. The van der Waals surface area contributed by atoms with Crippen molar-refractivity contribution < 1.29 is 43.3 Å². The second-order valence-corrected chi connectivity index (χ2v) is 9.87. The van der Waals surface area contributed by atoms with Crippen LogP contribution in [0.4, 0.5) is 4.79 Å². The maximum Gasteiger partial charge on any atom is 0.408 e. The average Bonchev–Trinajstić information content (AvgIpc) is 3.46. The van der Waals surface area contributed by atoms with Gasteiger partial charge >= 0.3 is 24.0 Å². The van der Waals surface area contributed by atoms with E-state index < -0.39 is 64.8 Å². The third-order valence-corrected chi connectivity index (χ3v) is 6.28. The molecule has 196 valence electrons. The molecule has 36 heavy (non-hydrogen) atoms. The first-order valence-corrected chi connectivity index (χ1v) is 11.8. The van der Waals surface area contributed by atoms with Crippen LogP contribution >= 0.6 is 0 Å². The molecule has 0 heterocycles. The number of rotatable bonds is 8. The number of carbonyl (C=O) groups excluding carboxylic acids is 4. The zero-order chi connectivity index (χ0) is 26.8. The first-order chi connectivity index (χ1) is 16.8. The number of aromatic carboxylic acids is 1. The van der Waals surface area contributed by atoms with Gasteiger partial charge < -0.3 is 30.0 Å². The van der Waals surface area contributed by atoms with Gasteiger partial charge in [0.2, 0.25) is 0 Å². The summed E-state index contributed by atoms with van der Waals surface area (Å²) in [5.74, 6) is -4.77. The van der Waals surface area contributed by atoms with Crippen molar-refractivity contribution in [2.75, 3.05) is 13.2 Å². The van der Waals surface area contributed by atoms with Crippen LogP contribution in [0, 0.1) is 17.8 Å².